The van der Waals surface area contributed by atoms with Gasteiger partial charge in [0.25, 0.3) is 0 Å². The normalized spacial score (nSPS) is 16.2. The molecular weight excluding hydrogens is 274 g/mol. The highest BCUT2D eigenvalue weighted by atomic mass is 35.5. The number of halogens is 1. The maximum Gasteiger partial charge on any atom is 0.199 e. The Bertz CT molecular complexity index is 561. The van der Waals surface area contributed by atoms with Crippen LogP contribution in [0.4, 0.5) is 0 Å². The predicted molar refractivity (Wildman–Crippen MR) is 81.1 cm³/mol. The lowest BCUT2D eigenvalue weighted by Crippen LogP contribution is -2.21. The third kappa shape index (κ3) is 3.17. The summed E-state index contributed by atoms with van der Waals surface area (Å²) in [4.78, 5) is 0. The van der Waals surface area contributed by atoms with Gasteiger partial charge in [0.05, 0.1) is 12.7 Å². The fraction of sp³-hybridized carbons (Fsp3) is 0.500. The van der Waals surface area contributed by atoms with Crippen molar-refractivity contribution < 1.29 is 9.15 Å². The summed E-state index contributed by atoms with van der Waals surface area (Å²) in [6, 6.07) is 7.93. The molecule has 0 aliphatic heterocycles. The maximum absolute atomic E-state index is 6.15. The number of hydrogen-bond acceptors (Lipinski definition) is 3. The molecule has 1 aliphatic rings. The summed E-state index contributed by atoms with van der Waals surface area (Å²) in [5.74, 6) is 0. The van der Waals surface area contributed by atoms with Crippen LogP contribution in [0.25, 0.3) is 11.0 Å². The first-order chi connectivity index (χ1) is 9.84. The van der Waals surface area contributed by atoms with Gasteiger partial charge in [-0.2, -0.15) is 0 Å². The third-order valence-electron chi connectivity index (χ3n) is 3.89. The summed E-state index contributed by atoms with van der Waals surface area (Å²) in [5, 5.41) is 4.94. The topological polar surface area (TPSA) is 34.4 Å². The van der Waals surface area contributed by atoms with Crippen LogP contribution in [0.1, 0.15) is 31.2 Å². The fourth-order valence-electron chi connectivity index (χ4n) is 2.80. The van der Waals surface area contributed by atoms with Gasteiger partial charge in [-0.1, -0.05) is 31.0 Å². The van der Waals surface area contributed by atoms with Gasteiger partial charge < -0.3 is 14.5 Å². The smallest absolute Gasteiger partial charge is 0.199 e. The lowest BCUT2D eigenvalue weighted by atomic mass is 10.2. The number of fused-ring (bicyclic) bond motifs is 1. The van der Waals surface area contributed by atoms with Crippen LogP contribution in [0.5, 0.6) is 0 Å². The zero-order chi connectivity index (χ0) is 13.8. The van der Waals surface area contributed by atoms with E-state index in [1.54, 1.807) is 0 Å². The molecule has 1 aliphatic carbocycles. The molecule has 0 radical (unpaired) electrons. The molecule has 20 heavy (non-hydrogen) atoms. The van der Waals surface area contributed by atoms with Crippen molar-refractivity contribution in [2.45, 2.75) is 38.3 Å². The summed E-state index contributed by atoms with van der Waals surface area (Å²) in [5.41, 5.74) is 1.87. The molecule has 0 saturated heterocycles. The van der Waals surface area contributed by atoms with Gasteiger partial charge in [0.2, 0.25) is 0 Å². The van der Waals surface area contributed by atoms with Gasteiger partial charge in [0.1, 0.15) is 5.58 Å². The first-order valence-electron chi connectivity index (χ1n) is 7.33. The summed E-state index contributed by atoms with van der Waals surface area (Å²) in [6.07, 6.45) is 5.55. The van der Waals surface area contributed by atoms with Crippen LogP contribution < -0.4 is 5.32 Å². The Balaban J connectivity index is 1.48. The van der Waals surface area contributed by atoms with E-state index in [1.165, 1.54) is 25.7 Å². The Morgan fingerprint density at radius 3 is 2.90 bits per heavy atom. The highest BCUT2D eigenvalue weighted by molar-refractivity contribution is 6.30. The Labute approximate surface area is 124 Å². The lowest BCUT2D eigenvalue weighted by Gasteiger charge is -2.11. The van der Waals surface area contributed by atoms with Crippen molar-refractivity contribution in [2.24, 2.45) is 0 Å². The minimum absolute atomic E-state index is 0.482. The van der Waals surface area contributed by atoms with Crippen LogP contribution >= 0.6 is 11.6 Å². The van der Waals surface area contributed by atoms with Gasteiger partial charge in [0.15, 0.2) is 5.22 Å². The number of benzene rings is 1. The SMILES string of the molecule is Clc1oc2ccccc2c1CNCCOC1CCCC1. The lowest BCUT2D eigenvalue weighted by molar-refractivity contribution is 0.0603. The summed E-state index contributed by atoms with van der Waals surface area (Å²) in [6.45, 7) is 2.31. The van der Waals surface area contributed by atoms with E-state index >= 15 is 0 Å². The maximum atomic E-state index is 6.15. The van der Waals surface area contributed by atoms with Crippen molar-refractivity contribution in [3.8, 4) is 0 Å². The molecule has 4 heteroatoms. The molecule has 1 saturated carbocycles. The molecule has 0 spiro atoms. The molecule has 0 atom stereocenters. The van der Waals surface area contributed by atoms with Crippen LogP contribution in [0.3, 0.4) is 0 Å². The first-order valence-corrected chi connectivity index (χ1v) is 7.70. The predicted octanol–water partition coefficient (Wildman–Crippen LogP) is 4.14. The number of rotatable bonds is 6. The number of ether oxygens (including phenoxy) is 1. The Morgan fingerprint density at radius 2 is 2.05 bits per heavy atom. The molecule has 0 amide bonds. The third-order valence-corrected chi connectivity index (χ3v) is 4.19. The highest BCUT2D eigenvalue weighted by Gasteiger charge is 2.15. The van der Waals surface area contributed by atoms with E-state index in [2.05, 4.69) is 5.32 Å². The first kappa shape index (κ1) is 13.9. The second-order valence-electron chi connectivity index (χ2n) is 5.30. The molecule has 1 heterocycles. The van der Waals surface area contributed by atoms with E-state index in [0.29, 0.717) is 17.9 Å². The molecule has 1 aromatic carbocycles. The van der Waals surface area contributed by atoms with Crippen LogP contribution in [-0.2, 0) is 11.3 Å². The summed E-state index contributed by atoms with van der Waals surface area (Å²) >= 11 is 6.15. The number of hydrogen-bond donors (Lipinski definition) is 1. The molecule has 0 bridgehead atoms. The van der Waals surface area contributed by atoms with Gasteiger partial charge in [-0.25, -0.2) is 0 Å². The van der Waals surface area contributed by atoms with Gasteiger partial charge in [0, 0.05) is 24.0 Å². The van der Waals surface area contributed by atoms with E-state index in [4.69, 9.17) is 20.8 Å². The van der Waals surface area contributed by atoms with Gasteiger partial charge in [-0.05, 0) is 30.5 Å². The molecule has 2 aromatic rings. The second-order valence-corrected chi connectivity index (χ2v) is 5.65. The molecular formula is C16H20ClNO2. The fourth-order valence-corrected chi connectivity index (χ4v) is 3.05. The number of nitrogens with one attached hydrogen (secondary N) is 1. The van der Waals surface area contributed by atoms with E-state index in [9.17, 15) is 0 Å². The Morgan fingerprint density at radius 1 is 1.25 bits per heavy atom. The average molecular weight is 294 g/mol. The molecule has 108 valence electrons. The van der Waals surface area contributed by atoms with Crippen molar-refractivity contribution in [1.29, 1.82) is 0 Å². The summed E-state index contributed by atoms with van der Waals surface area (Å²) in [7, 11) is 0. The van der Waals surface area contributed by atoms with E-state index in [-0.39, 0.29) is 0 Å². The van der Waals surface area contributed by atoms with E-state index < -0.39 is 0 Å². The minimum Gasteiger partial charge on any atom is -0.444 e. The van der Waals surface area contributed by atoms with E-state index in [0.717, 1.165) is 29.7 Å². The van der Waals surface area contributed by atoms with Crippen LogP contribution in [0.15, 0.2) is 28.7 Å². The van der Waals surface area contributed by atoms with Crippen molar-refractivity contribution in [3.63, 3.8) is 0 Å². The zero-order valence-corrected chi connectivity index (χ0v) is 12.3. The van der Waals surface area contributed by atoms with Crippen LogP contribution in [0.2, 0.25) is 5.22 Å². The van der Waals surface area contributed by atoms with Gasteiger partial charge >= 0.3 is 0 Å². The molecule has 3 nitrogen and oxygen atoms in total. The van der Waals surface area contributed by atoms with Crippen molar-refractivity contribution in [1.82, 2.24) is 5.32 Å². The van der Waals surface area contributed by atoms with Crippen LogP contribution in [0, 0.1) is 0 Å². The van der Waals surface area contributed by atoms with Gasteiger partial charge in [-0.3, -0.25) is 0 Å². The quantitative estimate of drug-likeness (QED) is 0.813. The van der Waals surface area contributed by atoms with Crippen LogP contribution in [-0.4, -0.2) is 19.3 Å². The van der Waals surface area contributed by atoms with Crippen molar-refractivity contribution in [3.05, 3.63) is 35.0 Å². The number of furan rings is 1. The number of para-hydroxylation sites is 1. The molecule has 0 unspecified atom stereocenters. The molecule has 3 rings (SSSR count). The molecule has 1 aromatic heterocycles. The minimum atomic E-state index is 0.482. The standard InChI is InChI=1S/C16H20ClNO2/c17-16-14(13-7-3-4-8-15(13)20-16)11-18-9-10-19-12-5-1-2-6-12/h3-4,7-8,12,18H,1-2,5-6,9-11H2. The average Bonchev–Trinajstić information content (AvgIpc) is 3.06. The zero-order valence-electron chi connectivity index (χ0n) is 11.5. The Hall–Kier alpha value is -1.03. The second kappa shape index (κ2) is 6.61. The molecule has 1 N–H and O–H groups in total. The van der Waals surface area contributed by atoms with E-state index in [1.807, 2.05) is 24.3 Å². The summed E-state index contributed by atoms with van der Waals surface area (Å²) < 4.78 is 11.4. The Kier molecular flexibility index (Phi) is 4.61. The largest absolute Gasteiger partial charge is 0.444 e. The van der Waals surface area contributed by atoms with Crippen molar-refractivity contribution >= 4 is 22.6 Å². The highest BCUT2D eigenvalue weighted by Crippen LogP contribution is 2.29. The van der Waals surface area contributed by atoms with Crippen molar-refractivity contribution in [2.75, 3.05) is 13.2 Å². The molecule has 1 fully saturated rings. The van der Waals surface area contributed by atoms with Gasteiger partial charge in [-0.15, -0.1) is 0 Å². The monoisotopic (exact) mass is 293 g/mol.